The zero-order valence-electron chi connectivity index (χ0n) is 17.4. The van der Waals surface area contributed by atoms with Crippen LogP contribution in [0.5, 0.6) is 0 Å². The molecule has 3 aromatic rings. The third-order valence-electron chi connectivity index (χ3n) is 7.70. The normalized spacial score (nSPS) is 28.9. The minimum Gasteiger partial charge on any atom is -0.392 e. The van der Waals surface area contributed by atoms with Crippen LogP contribution in [0.1, 0.15) is 40.7 Å². The van der Waals surface area contributed by atoms with Crippen LogP contribution >= 0.6 is 0 Å². The SMILES string of the molecule is Cc1ccccc1N1C(=O)[C@H]2C3c4ccccc4C([C@H](C)O)(c4ccccc43)[C@H]2C1=O. The van der Waals surface area contributed by atoms with Crippen molar-refractivity contribution in [3.8, 4) is 0 Å². The molecule has 0 radical (unpaired) electrons. The van der Waals surface area contributed by atoms with Gasteiger partial charge in [-0.25, -0.2) is 4.90 Å². The molecule has 0 aromatic heterocycles. The lowest BCUT2D eigenvalue weighted by Gasteiger charge is -2.55. The number of rotatable bonds is 2. The molecular formula is C27H23NO3. The molecule has 3 aromatic carbocycles. The van der Waals surface area contributed by atoms with Crippen molar-refractivity contribution in [2.75, 3.05) is 4.90 Å². The average Bonchev–Trinajstić information content (AvgIpc) is 3.05. The van der Waals surface area contributed by atoms with Crippen molar-refractivity contribution in [1.82, 2.24) is 0 Å². The van der Waals surface area contributed by atoms with Crippen molar-refractivity contribution >= 4 is 17.5 Å². The molecule has 1 aliphatic heterocycles. The van der Waals surface area contributed by atoms with Gasteiger partial charge in [-0.15, -0.1) is 0 Å². The highest BCUT2D eigenvalue weighted by molar-refractivity contribution is 6.24. The first-order valence-corrected chi connectivity index (χ1v) is 10.8. The van der Waals surface area contributed by atoms with Crippen LogP contribution < -0.4 is 4.90 Å². The Balaban J connectivity index is 1.68. The number of anilines is 1. The van der Waals surface area contributed by atoms with Crippen LogP contribution in [-0.2, 0) is 15.0 Å². The lowest BCUT2D eigenvalue weighted by atomic mass is 9.46. The predicted molar refractivity (Wildman–Crippen MR) is 118 cm³/mol. The monoisotopic (exact) mass is 409 g/mol. The Bertz CT molecular complexity index is 1210. The molecule has 1 saturated heterocycles. The summed E-state index contributed by atoms with van der Waals surface area (Å²) in [6.07, 6.45) is -0.836. The highest BCUT2D eigenvalue weighted by Crippen LogP contribution is 2.65. The Kier molecular flexibility index (Phi) is 3.67. The summed E-state index contributed by atoms with van der Waals surface area (Å²) < 4.78 is 0. The minimum atomic E-state index is -0.948. The number of imide groups is 1. The van der Waals surface area contributed by atoms with Gasteiger partial charge in [0.05, 0.1) is 29.0 Å². The van der Waals surface area contributed by atoms with E-state index in [1.165, 1.54) is 4.90 Å². The van der Waals surface area contributed by atoms with E-state index in [2.05, 4.69) is 12.1 Å². The minimum absolute atomic E-state index is 0.164. The van der Waals surface area contributed by atoms with Crippen molar-refractivity contribution in [2.45, 2.75) is 31.3 Å². The standard InChI is InChI=1S/C27H23NO3/c1-15-9-3-8-14-21(15)28-25(30)23-22-17-10-4-6-12-19(17)27(16(2)29,24(23)26(28)31)20-13-7-5-11-18(20)22/h3-14,16,22-24,29H,1-2H3/t16-,22?,23-,24+,27?/m0/s1. The van der Waals surface area contributed by atoms with E-state index in [4.69, 9.17) is 0 Å². The van der Waals surface area contributed by atoms with Gasteiger partial charge < -0.3 is 5.11 Å². The highest BCUT2D eigenvalue weighted by atomic mass is 16.3. The molecule has 31 heavy (non-hydrogen) atoms. The first-order valence-electron chi connectivity index (χ1n) is 10.8. The zero-order chi connectivity index (χ0) is 21.5. The Morgan fingerprint density at radius 3 is 1.97 bits per heavy atom. The van der Waals surface area contributed by atoms with Gasteiger partial charge in [0, 0.05) is 5.92 Å². The summed E-state index contributed by atoms with van der Waals surface area (Å²) in [6.45, 7) is 3.67. The van der Waals surface area contributed by atoms with E-state index in [1.54, 1.807) is 6.92 Å². The molecular weight excluding hydrogens is 386 g/mol. The van der Waals surface area contributed by atoms with E-state index in [0.717, 1.165) is 27.8 Å². The molecule has 1 fully saturated rings. The molecule has 1 heterocycles. The maximum absolute atomic E-state index is 14.0. The molecule has 4 nitrogen and oxygen atoms in total. The van der Waals surface area contributed by atoms with Gasteiger partial charge in [-0.2, -0.15) is 0 Å². The van der Waals surface area contributed by atoms with Gasteiger partial charge >= 0.3 is 0 Å². The Hall–Kier alpha value is -3.24. The molecule has 7 rings (SSSR count). The number of carbonyl (C=O) groups excluding carboxylic acids is 2. The van der Waals surface area contributed by atoms with Gasteiger partial charge in [0.2, 0.25) is 11.8 Å². The third kappa shape index (κ3) is 2.04. The smallest absolute Gasteiger partial charge is 0.239 e. The first-order chi connectivity index (χ1) is 15.0. The topological polar surface area (TPSA) is 57.6 Å². The van der Waals surface area contributed by atoms with E-state index < -0.39 is 23.4 Å². The van der Waals surface area contributed by atoms with Gasteiger partial charge in [-0.1, -0.05) is 66.7 Å². The number of carbonyl (C=O) groups is 2. The predicted octanol–water partition coefficient (Wildman–Crippen LogP) is 3.93. The van der Waals surface area contributed by atoms with E-state index in [1.807, 2.05) is 67.6 Å². The number of aryl methyl sites for hydroxylation is 1. The summed E-state index contributed by atoms with van der Waals surface area (Å²) in [7, 11) is 0. The Morgan fingerprint density at radius 2 is 1.39 bits per heavy atom. The molecule has 4 aliphatic rings. The van der Waals surface area contributed by atoms with E-state index >= 15 is 0 Å². The second-order valence-electron chi connectivity index (χ2n) is 9.00. The summed E-state index contributed by atoms with van der Waals surface area (Å²) in [4.78, 5) is 29.3. The fourth-order valence-electron chi connectivity index (χ4n) is 6.59. The Labute approximate surface area is 181 Å². The summed E-state index contributed by atoms with van der Waals surface area (Å²) >= 11 is 0. The zero-order valence-corrected chi connectivity index (χ0v) is 17.4. The number of aliphatic hydroxyl groups excluding tert-OH is 1. The maximum Gasteiger partial charge on any atom is 0.239 e. The van der Waals surface area contributed by atoms with Crippen molar-refractivity contribution < 1.29 is 14.7 Å². The quantitative estimate of drug-likeness (QED) is 0.653. The number of para-hydroxylation sites is 1. The van der Waals surface area contributed by atoms with Crippen LogP contribution in [0.2, 0.25) is 0 Å². The largest absolute Gasteiger partial charge is 0.392 e. The summed E-state index contributed by atoms with van der Waals surface area (Å²) in [5.41, 5.74) is 4.63. The second-order valence-corrected chi connectivity index (χ2v) is 9.00. The number of benzene rings is 3. The average molecular weight is 409 g/mol. The van der Waals surface area contributed by atoms with E-state index in [9.17, 15) is 14.7 Å². The lowest BCUT2D eigenvalue weighted by molar-refractivity contribution is -0.126. The van der Waals surface area contributed by atoms with E-state index in [0.29, 0.717) is 5.69 Å². The second kappa shape index (κ2) is 6.14. The van der Waals surface area contributed by atoms with Crippen LogP contribution in [0.25, 0.3) is 0 Å². The molecule has 1 N–H and O–H groups in total. The molecule has 4 heteroatoms. The number of hydrogen-bond acceptors (Lipinski definition) is 3. The maximum atomic E-state index is 14.0. The van der Waals surface area contributed by atoms with Crippen LogP contribution in [-0.4, -0.2) is 23.0 Å². The van der Waals surface area contributed by atoms with Gasteiger partial charge in [0.15, 0.2) is 0 Å². The fourth-order valence-corrected chi connectivity index (χ4v) is 6.59. The molecule has 3 aliphatic carbocycles. The Morgan fingerprint density at radius 1 is 0.839 bits per heavy atom. The van der Waals surface area contributed by atoms with Crippen molar-refractivity contribution in [1.29, 1.82) is 0 Å². The highest BCUT2D eigenvalue weighted by Gasteiger charge is 2.69. The van der Waals surface area contributed by atoms with Crippen molar-refractivity contribution in [2.24, 2.45) is 11.8 Å². The van der Waals surface area contributed by atoms with Crippen LogP contribution in [0.3, 0.4) is 0 Å². The van der Waals surface area contributed by atoms with Gasteiger partial charge in [0.25, 0.3) is 0 Å². The first kappa shape index (κ1) is 18.5. The van der Waals surface area contributed by atoms with E-state index in [-0.39, 0.29) is 17.7 Å². The van der Waals surface area contributed by atoms with Gasteiger partial charge in [0.1, 0.15) is 0 Å². The van der Waals surface area contributed by atoms with Crippen molar-refractivity contribution in [3.63, 3.8) is 0 Å². The number of hydrogen-bond donors (Lipinski definition) is 1. The molecule has 0 saturated carbocycles. The summed E-state index contributed by atoms with van der Waals surface area (Å²) in [6, 6.07) is 23.5. The molecule has 0 spiro atoms. The molecule has 2 amide bonds. The number of aliphatic hydroxyl groups is 1. The number of amides is 2. The van der Waals surface area contributed by atoms with Crippen LogP contribution in [0, 0.1) is 18.8 Å². The lowest BCUT2D eigenvalue weighted by Crippen LogP contribution is -2.58. The van der Waals surface area contributed by atoms with Crippen molar-refractivity contribution in [3.05, 3.63) is 101 Å². The fraction of sp³-hybridized carbons (Fsp3) is 0.259. The molecule has 3 atom stereocenters. The molecule has 0 unspecified atom stereocenters. The van der Waals surface area contributed by atoms with Gasteiger partial charge in [-0.05, 0) is 47.7 Å². The van der Waals surface area contributed by atoms with Crippen LogP contribution in [0.4, 0.5) is 5.69 Å². The summed E-state index contributed by atoms with van der Waals surface area (Å²) in [5.74, 6) is -1.72. The molecule has 2 bridgehead atoms. The molecule has 154 valence electrons. The third-order valence-corrected chi connectivity index (χ3v) is 7.70. The van der Waals surface area contributed by atoms with Crippen LogP contribution in [0.15, 0.2) is 72.8 Å². The summed E-state index contributed by atoms with van der Waals surface area (Å²) in [5, 5.41) is 11.3. The number of nitrogens with zero attached hydrogens (tertiary/aromatic N) is 1. The van der Waals surface area contributed by atoms with Gasteiger partial charge in [-0.3, -0.25) is 9.59 Å².